The summed E-state index contributed by atoms with van der Waals surface area (Å²) in [5.41, 5.74) is 3.47. The minimum Gasteiger partial charge on any atom is -0.497 e. The van der Waals surface area contributed by atoms with Crippen molar-refractivity contribution in [3.8, 4) is 22.9 Å². The summed E-state index contributed by atoms with van der Waals surface area (Å²) in [6.07, 6.45) is 4.06. The highest BCUT2D eigenvalue weighted by atomic mass is 16.5. The summed E-state index contributed by atoms with van der Waals surface area (Å²) in [5, 5.41) is 0. The second-order valence-corrected chi connectivity index (χ2v) is 6.71. The molecule has 7 nitrogen and oxygen atoms in total. The van der Waals surface area contributed by atoms with Crippen LogP contribution >= 0.6 is 0 Å². The molecule has 1 aliphatic rings. The average molecular weight is 378 g/mol. The first-order chi connectivity index (χ1) is 13.7. The van der Waals surface area contributed by atoms with Crippen LogP contribution in [0.5, 0.6) is 11.5 Å². The Kier molecular flexibility index (Phi) is 5.08. The zero-order valence-electron chi connectivity index (χ0n) is 15.9. The molecule has 0 radical (unpaired) electrons. The van der Waals surface area contributed by atoms with E-state index in [1.807, 2.05) is 30.3 Å². The number of aromatic amines is 1. The van der Waals surface area contributed by atoms with E-state index in [1.165, 1.54) is 0 Å². The van der Waals surface area contributed by atoms with Crippen LogP contribution in [0.25, 0.3) is 11.4 Å². The Balaban J connectivity index is 1.59. The molecule has 3 aromatic rings. The topological polar surface area (TPSA) is 80.3 Å². The van der Waals surface area contributed by atoms with Crippen molar-refractivity contribution in [1.82, 2.24) is 19.9 Å². The zero-order chi connectivity index (χ0) is 19.5. The van der Waals surface area contributed by atoms with Crippen molar-refractivity contribution in [3.05, 3.63) is 69.9 Å². The number of hydrogen-bond acceptors (Lipinski definition) is 6. The summed E-state index contributed by atoms with van der Waals surface area (Å²) >= 11 is 0. The van der Waals surface area contributed by atoms with Crippen LogP contribution in [0.1, 0.15) is 16.8 Å². The highest BCUT2D eigenvalue weighted by Gasteiger charge is 2.22. The third kappa shape index (κ3) is 3.61. The quantitative estimate of drug-likeness (QED) is 0.734. The molecule has 1 N–H and O–H groups in total. The van der Waals surface area contributed by atoms with Crippen molar-refractivity contribution in [2.75, 3.05) is 20.8 Å². The minimum atomic E-state index is -0.0570. The van der Waals surface area contributed by atoms with Gasteiger partial charge in [0.1, 0.15) is 17.3 Å². The van der Waals surface area contributed by atoms with Gasteiger partial charge in [0.2, 0.25) is 0 Å². The van der Waals surface area contributed by atoms with Crippen LogP contribution in [0.4, 0.5) is 0 Å². The molecule has 0 spiro atoms. The third-order valence-corrected chi connectivity index (χ3v) is 4.99. The van der Waals surface area contributed by atoms with E-state index in [2.05, 4.69) is 14.9 Å². The number of hydrogen-bond donors (Lipinski definition) is 1. The second-order valence-electron chi connectivity index (χ2n) is 6.71. The standard InChI is InChI=1S/C21H22N4O3/c1-27-16-4-3-15(19(11-16)28-2)12-25-10-7-17-18(13-25)23-20(24-21(17)26)14-5-8-22-9-6-14/h3-6,8-9,11H,7,10,12-13H2,1-2H3,(H,23,24,26). The maximum Gasteiger partial charge on any atom is 0.254 e. The van der Waals surface area contributed by atoms with E-state index in [4.69, 9.17) is 14.5 Å². The lowest BCUT2D eigenvalue weighted by molar-refractivity contribution is 0.237. The van der Waals surface area contributed by atoms with Gasteiger partial charge in [0.25, 0.3) is 5.56 Å². The summed E-state index contributed by atoms with van der Waals surface area (Å²) in [6, 6.07) is 9.51. The van der Waals surface area contributed by atoms with E-state index in [0.717, 1.165) is 40.4 Å². The molecule has 1 aliphatic heterocycles. The predicted octanol–water partition coefficient (Wildman–Crippen LogP) is 2.41. The lowest BCUT2D eigenvalue weighted by atomic mass is 10.0. The summed E-state index contributed by atoms with van der Waals surface area (Å²) in [5.74, 6) is 2.14. The third-order valence-electron chi connectivity index (χ3n) is 4.99. The number of benzene rings is 1. The highest BCUT2D eigenvalue weighted by molar-refractivity contribution is 5.54. The number of fused-ring (bicyclic) bond motifs is 1. The highest BCUT2D eigenvalue weighted by Crippen LogP contribution is 2.27. The van der Waals surface area contributed by atoms with Crippen LogP contribution in [-0.4, -0.2) is 40.6 Å². The zero-order valence-corrected chi connectivity index (χ0v) is 15.9. The molecular weight excluding hydrogens is 356 g/mol. The van der Waals surface area contributed by atoms with E-state index < -0.39 is 0 Å². The van der Waals surface area contributed by atoms with Crippen LogP contribution in [0.15, 0.2) is 47.5 Å². The van der Waals surface area contributed by atoms with Crippen molar-refractivity contribution in [2.24, 2.45) is 0 Å². The first kappa shape index (κ1) is 18.2. The van der Waals surface area contributed by atoms with E-state index >= 15 is 0 Å². The molecule has 1 aromatic carbocycles. The van der Waals surface area contributed by atoms with Crippen molar-refractivity contribution in [2.45, 2.75) is 19.5 Å². The molecule has 28 heavy (non-hydrogen) atoms. The van der Waals surface area contributed by atoms with Crippen LogP contribution in [0.2, 0.25) is 0 Å². The van der Waals surface area contributed by atoms with Crippen LogP contribution < -0.4 is 15.0 Å². The number of rotatable bonds is 5. The van der Waals surface area contributed by atoms with Crippen molar-refractivity contribution >= 4 is 0 Å². The summed E-state index contributed by atoms with van der Waals surface area (Å²) in [7, 11) is 3.30. The Morgan fingerprint density at radius 2 is 1.96 bits per heavy atom. The van der Waals surface area contributed by atoms with Crippen LogP contribution in [0, 0.1) is 0 Å². The second kappa shape index (κ2) is 7.82. The lowest BCUT2D eigenvalue weighted by Gasteiger charge is -2.28. The summed E-state index contributed by atoms with van der Waals surface area (Å²) in [4.78, 5) is 26.5. The normalized spacial score (nSPS) is 13.8. The fourth-order valence-corrected chi connectivity index (χ4v) is 3.50. The van der Waals surface area contributed by atoms with Gasteiger partial charge in [0, 0.05) is 54.8 Å². The maximum absolute atomic E-state index is 12.5. The molecule has 0 saturated carbocycles. The van der Waals surface area contributed by atoms with E-state index in [-0.39, 0.29) is 5.56 Å². The Hall–Kier alpha value is -3.19. The maximum atomic E-state index is 12.5. The Morgan fingerprint density at radius 1 is 1.14 bits per heavy atom. The SMILES string of the molecule is COc1ccc(CN2CCc3c(nc(-c4ccncc4)[nH]c3=O)C2)c(OC)c1. The summed E-state index contributed by atoms with van der Waals surface area (Å²) in [6.45, 7) is 2.12. The first-order valence-electron chi connectivity index (χ1n) is 9.13. The molecule has 4 rings (SSSR count). The van der Waals surface area contributed by atoms with Gasteiger partial charge in [-0.1, -0.05) is 6.07 Å². The number of pyridine rings is 1. The van der Waals surface area contributed by atoms with Crippen LogP contribution in [0.3, 0.4) is 0 Å². The van der Waals surface area contributed by atoms with Crippen molar-refractivity contribution < 1.29 is 9.47 Å². The fraction of sp³-hybridized carbons (Fsp3) is 0.286. The lowest BCUT2D eigenvalue weighted by Crippen LogP contribution is -2.35. The molecule has 7 heteroatoms. The number of H-pyrrole nitrogens is 1. The van der Waals surface area contributed by atoms with Gasteiger partial charge in [-0.3, -0.25) is 14.7 Å². The monoisotopic (exact) mass is 378 g/mol. The number of nitrogens with zero attached hydrogens (tertiary/aromatic N) is 3. The largest absolute Gasteiger partial charge is 0.497 e. The van der Waals surface area contributed by atoms with Crippen molar-refractivity contribution in [1.29, 1.82) is 0 Å². The molecular formula is C21H22N4O3. The van der Waals surface area contributed by atoms with Gasteiger partial charge in [0.15, 0.2) is 0 Å². The fourth-order valence-electron chi connectivity index (χ4n) is 3.50. The molecule has 0 fully saturated rings. The van der Waals surface area contributed by atoms with Gasteiger partial charge in [-0.15, -0.1) is 0 Å². The Labute approximate surface area is 163 Å². The van der Waals surface area contributed by atoms with Gasteiger partial charge in [0.05, 0.1) is 19.9 Å². The molecule has 0 saturated heterocycles. The van der Waals surface area contributed by atoms with Crippen molar-refractivity contribution in [3.63, 3.8) is 0 Å². The van der Waals surface area contributed by atoms with Gasteiger partial charge < -0.3 is 14.5 Å². The van der Waals surface area contributed by atoms with Gasteiger partial charge in [-0.25, -0.2) is 4.98 Å². The van der Waals surface area contributed by atoms with E-state index in [1.54, 1.807) is 26.6 Å². The van der Waals surface area contributed by atoms with Gasteiger partial charge in [-0.05, 0) is 24.6 Å². The predicted molar refractivity (Wildman–Crippen MR) is 105 cm³/mol. The minimum absolute atomic E-state index is 0.0570. The van der Waals surface area contributed by atoms with Crippen LogP contribution in [-0.2, 0) is 19.5 Å². The van der Waals surface area contributed by atoms with E-state index in [0.29, 0.717) is 25.3 Å². The molecule has 0 unspecified atom stereocenters. The number of nitrogens with one attached hydrogen (secondary N) is 1. The Bertz CT molecular complexity index is 1030. The number of aromatic nitrogens is 3. The Morgan fingerprint density at radius 3 is 2.71 bits per heavy atom. The molecule has 144 valence electrons. The summed E-state index contributed by atoms with van der Waals surface area (Å²) < 4.78 is 10.8. The smallest absolute Gasteiger partial charge is 0.254 e. The van der Waals surface area contributed by atoms with Gasteiger partial charge >= 0.3 is 0 Å². The van der Waals surface area contributed by atoms with Gasteiger partial charge in [-0.2, -0.15) is 0 Å². The molecule has 0 atom stereocenters. The first-order valence-corrected chi connectivity index (χ1v) is 9.13. The molecule has 0 aliphatic carbocycles. The molecule has 0 amide bonds. The molecule has 2 aromatic heterocycles. The van der Waals surface area contributed by atoms with E-state index in [9.17, 15) is 4.79 Å². The number of methoxy groups -OCH3 is 2. The molecule has 0 bridgehead atoms. The average Bonchev–Trinajstić information content (AvgIpc) is 2.74. The number of ether oxygens (including phenoxy) is 2. The molecule has 3 heterocycles.